The minimum Gasteiger partial charge on any atom is -0.436 e. The molecule has 5 aromatic rings. The fourth-order valence-corrected chi connectivity index (χ4v) is 4.25. The van der Waals surface area contributed by atoms with E-state index in [0.717, 1.165) is 27.5 Å². The zero-order chi connectivity index (χ0) is 23.8. The molecule has 0 radical (unpaired) electrons. The van der Waals surface area contributed by atoms with Crippen molar-refractivity contribution in [3.8, 4) is 11.5 Å². The van der Waals surface area contributed by atoms with Gasteiger partial charge in [0, 0.05) is 27.2 Å². The molecule has 0 aliphatic heterocycles. The molecule has 168 valence electrons. The van der Waals surface area contributed by atoms with Crippen molar-refractivity contribution in [3.05, 3.63) is 94.5 Å². The number of thiocarbonyl (C=S) groups is 1. The Balaban J connectivity index is 1.37. The van der Waals surface area contributed by atoms with Crippen molar-refractivity contribution in [1.82, 2.24) is 10.3 Å². The van der Waals surface area contributed by atoms with Crippen molar-refractivity contribution in [2.45, 2.75) is 13.8 Å². The predicted molar refractivity (Wildman–Crippen MR) is 142 cm³/mol. The Labute approximate surface area is 206 Å². The zero-order valence-corrected chi connectivity index (χ0v) is 20.1. The second-order valence-corrected chi connectivity index (χ2v) is 8.86. The van der Waals surface area contributed by atoms with Gasteiger partial charge in [0.1, 0.15) is 5.52 Å². The second kappa shape index (κ2) is 8.89. The van der Waals surface area contributed by atoms with Crippen LogP contribution in [0.25, 0.3) is 33.3 Å². The molecule has 1 amide bonds. The van der Waals surface area contributed by atoms with Gasteiger partial charge >= 0.3 is 0 Å². The highest BCUT2D eigenvalue weighted by atomic mass is 35.5. The molecule has 0 saturated heterocycles. The molecule has 5 rings (SSSR count). The number of aromatic nitrogens is 1. The molecule has 0 spiro atoms. The summed E-state index contributed by atoms with van der Waals surface area (Å²) in [5, 5.41) is 8.56. The van der Waals surface area contributed by atoms with Crippen molar-refractivity contribution in [3.63, 3.8) is 0 Å². The molecule has 1 heterocycles. The summed E-state index contributed by atoms with van der Waals surface area (Å²) in [6, 6.07) is 22.6. The summed E-state index contributed by atoms with van der Waals surface area (Å²) < 4.78 is 6.02. The number of oxazole rings is 1. The molecule has 0 bridgehead atoms. The third-order valence-corrected chi connectivity index (χ3v) is 6.27. The van der Waals surface area contributed by atoms with Gasteiger partial charge in [-0.3, -0.25) is 10.1 Å². The van der Waals surface area contributed by atoms with E-state index in [1.165, 1.54) is 0 Å². The number of anilines is 1. The molecule has 7 heteroatoms. The van der Waals surface area contributed by atoms with Gasteiger partial charge in [-0.05, 0) is 85.0 Å². The van der Waals surface area contributed by atoms with E-state index in [1.807, 2.05) is 80.6 Å². The third kappa shape index (κ3) is 4.25. The summed E-state index contributed by atoms with van der Waals surface area (Å²) in [7, 11) is 0. The van der Waals surface area contributed by atoms with Crippen LogP contribution in [0.5, 0.6) is 0 Å². The van der Waals surface area contributed by atoms with E-state index in [1.54, 1.807) is 6.07 Å². The van der Waals surface area contributed by atoms with Crippen molar-refractivity contribution >= 4 is 62.4 Å². The lowest BCUT2D eigenvalue weighted by atomic mass is 10.0. The minimum atomic E-state index is -0.264. The molecule has 5 nitrogen and oxygen atoms in total. The van der Waals surface area contributed by atoms with E-state index >= 15 is 0 Å². The standard InChI is InChI=1S/C27H20ClN3O2S/c1-15-9-10-17(13-16(15)2)25(32)31-27(34)29-18-11-12-24-23(14-18)30-26(33-24)21-7-3-6-20-19(21)5-4-8-22(20)28/h3-14H,1-2H3,(H2,29,31,32,34). The van der Waals surface area contributed by atoms with Gasteiger partial charge in [-0.15, -0.1) is 0 Å². The van der Waals surface area contributed by atoms with E-state index in [4.69, 9.17) is 28.2 Å². The molecule has 0 aliphatic carbocycles. The van der Waals surface area contributed by atoms with E-state index in [0.29, 0.717) is 33.3 Å². The number of nitrogens with one attached hydrogen (secondary N) is 2. The molecule has 0 aliphatic rings. The van der Waals surface area contributed by atoms with Crippen LogP contribution in [-0.4, -0.2) is 16.0 Å². The second-order valence-electron chi connectivity index (χ2n) is 8.05. The number of halogens is 1. The number of hydrogen-bond donors (Lipinski definition) is 2. The monoisotopic (exact) mass is 485 g/mol. The first-order chi connectivity index (χ1) is 16.4. The first-order valence-corrected chi connectivity index (χ1v) is 11.5. The first-order valence-electron chi connectivity index (χ1n) is 10.7. The van der Waals surface area contributed by atoms with Crippen LogP contribution < -0.4 is 10.6 Å². The normalized spacial score (nSPS) is 11.0. The average Bonchev–Trinajstić information content (AvgIpc) is 3.24. The van der Waals surface area contributed by atoms with Gasteiger partial charge in [0.15, 0.2) is 10.7 Å². The first kappa shape index (κ1) is 22.1. The third-order valence-electron chi connectivity index (χ3n) is 5.74. The molecule has 34 heavy (non-hydrogen) atoms. The summed E-state index contributed by atoms with van der Waals surface area (Å²) in [4.78, 5) is 17.2. The highest BCUT2D eigenvalue weighted by Crippen LogP contribution is 2.33. The van der Waals surface area contributed by atoms with Crippen LogP contribution in [0.3, 0.4) is 0 Å². The smallest absolute Gasteiger partial charge is 0.257 e. The lowest BCUT2D eigenvalue weighted by Crippen LogP contribution is -2.34. The number of rotatable bonds is 3. The Hall–Kier alpha value is -3.74. The SMILES string of the molecule is Cc1ccc(C(=O)NC(=S)Nc2ccc3oc(-c4cccc5c(Cl)cccc45)nc3c2)cc1C. The van der Waals surface area contributed by atoms with Crippen LogP contribution in [0.15, 0.2) is 77.2 Å². The number of aryl methyl sites for hydroxylation is 2. The number of carbonyl (C=O) groups excluding carboxylic acids is 1. The summed E-state index contributed by atoms with van der Waals surface area (Å²) >= 11 is 11.7. The van der Waals surface area contributed by atoms with Crippen LogP contribution >= 0.6 is 23.8 Å². The lowest BCUT2D eigenvalue weighted by molar-refractivity contribution is 0.0977. The number of carbonyl (C=O) groups is 1. The number of nitrogens with zero attached hydrogens (tertiary/aromatic N) is 1. The minimum absolute atomic E-state index is 0.204. The molecule has 0 atom stereocenters. The lowest BCUT2D eigenvalue weighted by Gasteiger charge is -2.10. The van der Waals surface area contributed by atoms with Gasteiger partial charge < -0.3 is 9.73 Å². The fourth-order valence-electron chi connectivity index (χ4n) is 3.80. The summed E-state index contributed by atoms with van der Waals surface area (Å²) in [5.74, 6) is 0.241. The van der Waals surface area contributed by atoms with Gasteiger partial charge in [-0.1, -0.05) is 41.9 Å². The summed E-state index contributed by atoms with van der Waals surface area (Å²) in [5.41, 5.74) is 5.60. The maximum atomic E-state index is 12.5. The Morgan fingerprint density at radius 1 is 0.941 bits per heavy atom. The topological polar surface area (TPSA) is 67.2 Å². The van der Waals surface area contributed by atoms with Gasteiger partial charge in [0.25, 0.3) is 5.91 Å². The van der Waals surface area contributed by atoms with E-state index < -0.39 is 0 Å². The van der Waals surface area contributed by atoms with Gasteiger partial charge in [-0.25, -0.2) is 4.98 Å². The van der Waals surface area contributed by atoms with Crippen LogP contribution in [0, 0.1) is 13.8 Å². The van der Waals surface area contributed by atoms with Gasteiger partial charge in [0.05, 0.1) is 0 Å². The Morgan fingerprint density at radius 2 is 1.74 bits per heavy atom. The van der Waals surface area contributed by atoms with Crippen LogP contribution in [-0.2, 0) is 0 Å². The largest absolute Gasteiger partial charge is 0.436 e. The Bertz CT molecular complexity index is 1590. The average molecular weight is 486 g/mol. The zero-order valence-electron chi connectivity index (χ0n) is 18.5. The maximum absolute atomic E-state index is 12.5. The number of hydrogen-bond acceptors (Lipinski definition) is 4. The van der Waals surface area contributed by atoms with Gasteiger partial charge in [-0.2, -0.15) is 0 Å². The van der Waals surface area contributed by atoms with Crippen molar-refractivity contribution in [1.29, 1.82) is 0 Å². The van der Waals surface area contributed by atoms with E-state index in [9.17, 15) is 4.79 Å². The van der Waals surface area contributed by atoms with Gasteiger partial charge in [0.2, 0.25) is 5.89 Å². The fraction of sp³-hybridized carbons (Fsp3) is 0.0741. The quantitative estimate of drug-likeness (QED) is 0.268. The molecular weight excluding hydrogens is 466 g/mol. The molecule has 1 aromatic heterocycles. The molecular formula is C27H20ClN3O2S. The summed E-state index contributed by atoms with van der Waals surface area (Å²) in [6.45, 7) is 3.97. The van der Waals surface area contributed by atoms with Crippen molar-refractivity contribution < 1.29 is 9.21 Å². The molecule has 4 aromatic carbocycles. The number of fused-ring (bicyclic) bond motifs is 2. The number of benzene rings is 4. The van der Waals surface area contributed by atoms with E-state index in [2.05, 4.69) is 15.6 Å². The van der Waals surface area contributed by atoms with Crippen molar-refractivity contribution in [2.75, 3.05) is 5.32 Å². The predicted octanol–water partition coefficient (Wildman–Crippen LogP) is 7.05. The Kier molecular flexibility index (Phi) is 5.77. The highest BCUT2D eigenvalue weighted by Gasteiger charge is 2.14. The molecule has 2 N–H and O–H groups in total. The molecule has 0 saturated carbocycles. The molecule has 0 fully saturated rings. The maximum Gasteiger partial charge on any atom is 0.257 e. The highest BCUT2D eigenvalue weighted by molar-refractivity contribution is 7.80. The Morgan fingerprint density at radius 3 is 2.56 bits per heavy atom. The van der Waals surface area contributed by atoms with Crippen LogP contribution in [0.2, 0.25) is 5.02 Å². The summed E-state index contributed by atoms with van der Waals surface area (Å²) in [6.07, 6.45) is 0. The van der Waals surface area contributed by atoms with Crippen molar-refractivity contribution in [2.24, 2.45) is 0 Å². The van der Waals surface area contributed by atoms with Crippen LogP contribution in [0.1, 0.15) is 21.5 Å². The molecule has 0 unspecified atom stereocenters. The van der Waals surface area contributed by atoms with Crippen LogP contribution in [0.4, 0.5) is 5.69 Å². The number of amides is 1. The van der Waals surface area contributed by atoms with E-state index in [-0.39, 0.29) is 11.0 Å².